The molecule has 0 radical (unpaired) electrons. The van der Waals surface area contributed by atoms with Crippen LogP contribution in [-0.2, 0) is 16.1 Å². The van der Waals surface area contributed by atoms with Crippen molar-refractivity contribution in [1.29, 1.82) is 0 Å². The van der Waals surface area contributed by atoms with Gasteiger partial charge in [-0.1, -0.05) is 6.07 Å². The Bertz CT molecular complexity index is 586. The summed E-state index contributed by atoms with van der Waals surface area (Å²) < 4.78 is 24.5. The van der Waals surface area contributed by atoms with Crippen molar-refractivity contribution < 1.29 is 23.8 Å². The number of hydrogen-bond donors (Lipinski definition) is 1. The molecule has 1 aromatic carbocycles. The third-order valence-corrected chi connectivity index (χ3v) is 5.16. The summed E-state index contributed by atoms with van der Waals surface area (Å²) in [6.07, 6.45) is 1.51. The van der Waals surface area contributed by atoms with E-state index in [0.29, 0.717) is 44.2 Å². The van der Waals surface area contributed by atoms with Gasteiger partial charge in [-0.15, -0.1) is 0 Å². The number of benzene rings is 1. The Kier molecular flexibility index (Phi) is 4.55. The van der Waals surface area contributed by atoms with Crippen LogP contribution in [0.4, 0.5) is 4.39 Å². The highest BCUT2D eigenvalue weighted by Crippen LogP contribution is 2.44. The van der Waals surface area contributed by atoms with E-state index >= 15 is 0 Å². The number of likely N-dealkylation sites (tertiary alicyclic amines) is 1. The first-order valence-corrected chi connectivity index (χ1v) is 7.89. The van der Waals surface area contributed by atoms with Crippen molar-refractivity contribution in [3.05, 3.63) is 29.6 Å². The van der Waals surface area contributed by atoms with Gasteiger partial charge in [-0.05, 0) is 18.9 Å². The molecule has 0 aromatic heterocycles. The SMILES string of the molecule is COc1ccc(CN2CC(C(=O)O)C3(CCOCC3)C2)c(F)c1. The molecule has 3 rings (SSSR count). The summed E-state index contributed by atoms with van der Waals surface area (Å²) in [4.78, 5) is 13.7. The topological polar surface area (TPSA) is 59.0 Å². The second kappa shape index (κ2) is 6.45. The van der Waals surface area contributed by atoms with Crippen molar-refractivity contribution >= 4 is 5.97 Å². The average Bonchev–Trinajstić information content (AvgIpc) is 2.88. The van der Waals surface area contributed by atoms with Crippen molar-refractivity contribution in [3.8, 4) is 5.75 Å². The minimum Gasteiger partial charge on any atom is -0.497 e. The summed E-state index contributed by atoms with van der Waals surface area (Å²) in [6, 6.07) is 4.80. The molecule has 2 aliphatic heterocycles. The van der Waals surface area contributed by atoms with Gasteiger partial charge in [-0.2, -0.15) is 0 Å². The zero-order chi connectivity index (χ0) is 16.4. The highest BCUT2D eigenvalue weighted by Gasteiger charge is 2.50. The van der Waals surface area contributed by atoms with Gasteiger partial charge < -0.3 is 14.6 Å². The van der Waals surface area contributed by atoms with Crippen LogP contribution in [0.5, 0.6) is 5.75 Å². The molecule has 1 spiro atoms. The number of nitrogens with zero attached hydrogens (tertiary/aromatic N) is 1. The minimum absolute atomic E-state index is 0.243. The van der Waals surface area contributed by atoms with Gasteiger partial charge in [0, 0.05) is 49.9 Å². The second-order valence-corrected chi connectivity index (χ2v) is 6.49. The normalized spacial score (nSPS) is 24.0. The van der Waals surface area contributed by atoms with E-state index in [2.05, 4.69) is 4.90 Å². The van der Waals surface area contributed by atoms with Gasteiger partial charge in [0.1, 0.15) is 11.6 Å². The molecule has 0 bridgehead atoms. The zero-order valence-corrected chi connectivity index (χ0v) is 13.3. The molecular weight excluding hydrogens is 301 g/mol. The molecule has 2 saturated heterocycles. The maximum Gasteiger partial charge on any atom is 0.308 e. The van der Waals surface area contributed by atoms with Gasteiger partial charge in [0.15, 0.2) is 0 Å². The molecule has 1 atom stereocenters. The first kappa shape index (κ1) is 16.2. The Morgan fingerprint density at radius 3 is 2.83 bits per heavy atom. The molecule has 5 nitrogen and oxygen atoms in total. The summed E-state index contributed by atoms with van der Waals surface area (Å²) in [5, 5.41) is 9.58. The number of halogens is 1. The fourth-order valence-corrected chi connectivity index (χ4v) is 3.84. The van der Waals surface area contributed by atoms with E-state index in [9.17, 15) is 14.3 Å². The number of hydrogen-bond acceptors (Lipinski definition) is 4. The predicted octanol–water partition coefficient (Wildman–Crippen LogP) is 2.15. The van der Waals surface area contributed by atoms with Crippen molar-refractivity contribution in [2.45, 2.75) is 19.4 Å². The predicted molar refractivity (Wildman–Crippen MR) is 81.8 cm³/mol. The molecule has 6 heteroatoms. The van der Waals surface area contributed by atoms with Gasteiger partial charge in [-0.25, -0.2) is 4.39 Å². The molecule has 2 fully saturated rings. The summed E-state index contributed by atoms with van der Waals surface area (Å²) >= 11 is 0. The molecule has 0 saturated carbocycles. The Morgan fingerprint density at radius 2 is 2.22 bits per heavy atom. The number of rotatable bonds is 4. The smallest absolute Gasteiger partial charge is 0.308 e. The second-order valence-electron chi connectivity index (χ2n) is 6.49. The molecule has 126 valence electrons. The molecule has 2 aliphatic rings. The average molecular weight is 323 g/mol. The standard InChI is InChI=1S/C17H22FNO4/c1-22-13-3-2-12(15(18)8-13)9-19-10-14(16(20)21)17(11-19)4-6-23-7-5-17/h2-3,8,14H,4-7,9-11H2,1H3,(H,20,21). The Hall–Kier alpha value is -1.66. The third-order valence-electron chi connectivity index (χ3n) is 5.16. The van der Waals surface area contributed by atoms with E-state index in [4.69, 9.17) is 9.47 Å². The highest BCUT2D eigenvalue weighted by atomic mass is 19.1. The lowest BCUT2D eigenvalue weighted by Gasteiger charge is -2.36. The van der Waals surface area contributed by atoms with Crippen molar-refractivity contribution in [2.75, 3.05) is 33.4 Å². The Balaban J connectivity index is 1.75. The van der Waals surface area contributed by atoms with Crippen molar-refractivity contribution in [3.63, 3.8) is 0 Å². The fraction of sp³-hybridized carbons (Fsp3) is 0.588. The maximum absolute atomic E-state index is 14.1. The van der Waals surface area contributed by atoms with E-state index in [-0.39, 0.29) is 11.2 Å². The monoisotopic (exact) mass is 323 g/mol. The summed E-state index contributed by atoms with van der Waals surface area (Å²) in [5.41, 5.74) is 0.326. The summed E-state index contributed by atoms with van der Waals surface area (Å²) in [7, 11) is 1.50. The molecule has 23 heavy (non-hydrogen) atoms. The maximum atomic E-state index is 14.1. The van der Waals surface area contributed by atoms with Gasteiger partial charge in [0.05, 0.1) is 13.0 Å². The first-order chi connectivity index (χ1) is 11.0. The van der Waals surface area contributed by atoms with E-state index in [1.54, 1.807) is 12.1 Å². The zero-order valence-electron chi connectivity index (χ0n) is 13.3. The van der Waals surface area contributed by atoms with E-state index in [0.717, 1.165) is 12.8 Å². The number of ether oxygens (including phenoxy) is 2. The third kappa shape index (κ3) is 3.19. The largest absolute Gasteiger partial charge is 0.497 e. The van der Waals surface area contributed by atoms with Crippen LogP contribution < -0.4 is 4.74 Å². The van der Waals surface area contributed by atoms with Gasteiger partial charge in [0.25, 0.3) is 0 Å². The minimum atomic E-state index is -0.760. The summed E-state index contributed by atoms with van der Waals surface area (Å²) in [6.45, 7) is 2.77. The number of methoxy groups -OCH3 is 1. The molecule has 1 N–H and O–H groups in total. The van der Waals surface area contributed by atoms with Crippen LogP contribution in [0.15, 0.2) is 18.2 Å². The van der Waals surface area contributed by atoms with Crippen LogP contribution >= 0.6 is 0 Å². The van der Waals surface area contributed by atoms with Gasteiger partial charge in [0.2, 0.25) is 0 Å². The Labute approximate surface area is 135 Å². The van der Waals surface area contributed by atoms with Gasteiger partial charge >= 0.3 is 5.97 Å². The number of carboxylic acids is 1. The molecule has 0 amide bonds. The number of carbonyl (C=O) groups is 1. The quantitative estimate of drug-likeness (QED) is 0.920. The van der Waals surface area contributed by atoms with Crippen LogP contribution in [0.1, 0.15) is 18.4 Å². The summed E-state index contributed by atoms with van der Waals surface area (Å²) in [5.74, 6) is -1.00. The molecule has 2 heterocycles. The number of aliphatic carboxylic acids is 1. The molecular formula is C17H22FNO4. The fourth-order valence-electron chi connectivity index (χ4n) is 3.84. The van der Waals surface area contributed by atoms with E-state index in [1.165, 1.54) is 13.2 Å². The molecule has 1 unspecified atom stereocenters. The molecule has 1 aromatic rings. The highest BCUT2D eigenvalue weighted by molar-refractivity contribution is 5.72. The van der Waals surface area contributed by atoms with Crippen molar-refractivity contribution in [2.24, 2.45) is 11.3 Å². The van der Waals surface area contributed by atoms with Crippen LogP contribution in [-0.4, -0.2) is 49.4 Å². The van der Waals surface area contributed by atoms with E-state index < -0.39 is 11.9 Å². The first-order valence-electron chi connectivity index (χ1n) is 7.89. The molecule has 0 aliphatic carbocycles. The van der Waals surface area contributed by atoms with Crippen LogP contribution in [0.2, 0.25) is 0 Å². The van der Waals surface area contributed by atoms with Crippen LogP contribution in [0, 0.1) is 17.2 Å². The lowest BCUT2D eigenvalue weighted by Crippen LogP contribution is -2.40. The van der Waals surface area contributed by atoms with Crippen LogP contribution in [0.25, 0.3) is 0 Å². The van der Waals surface area contributed by atoms with Crippen molar-refractivity contribution in [1.82, 2.24) is 4.90 Å². The lowest BCUT2D eigenvalue weighted by atomic mass is 9.72. The van der Waals surface area contributed by atoms with E-state index in [1.807, 2.05) is 0 Å². The lowest BCUT2D eigenvalue weighted by molar-refractivity contribution is -0.146. The van der Waals surface area contributed by atoms with Gasteiger partial charge in [-0.3, -0.25) is 9.69 Å². The Morgan fingerprint density at radius 1 is 1.48 bits per heavy atom. The van der Waals surface area contributed by atoms with Crippen LogP contribution in [0.3, 0.4) is 0 Å². The number of carboxylic acid groups (broad SMARTS) is 1.